The van der Waals surface area contributed by atoms with Gasteiger partial charge in [0.15, 0.2) is 5.82 Å². The molecule has 0 saturated carbocycles. The Morgan fingerprint density at radius 2 is 2.15 bits per heavy atom. The fraction of sp³-hybridized carbons (Fsp3) is 0.0625. The van der Waals surface area contributed by atoms with E-state index in [2.05, 4.69) is 15.3 Å². The van der Waals surface area contributed by atoms with Gasteiger partial charge in [-0.05, 0) is 30.4 Å². The molecular formula is C16H12ClN5O3S. The van der Waals surface area contributed by atoms with Crippen molar-refractivity contribution in [2.24, 2.45) is 5.10 Å². The number of H-pyrrole nitrogens is 1. The van der Waals surface area contributed by atoms with Crippen molar-refractivity contribution in [1.29, 1.82) is 0 Å². The first kappa shape index (κ1) is 17.8. The van der Waals surface area contributed by atoms with Gasteiger partial charge in [0.25, 0.3) is 5.69 Å². The number of ether oxygens (including phenoxy) is 1. The number of aromatic amines is 1. The van der Waals surface area contributed by atoms with Crippen LogP contribution in [-0.2, 0) is 0 Å². The maximum atomic E-state index is 11.0. The second kappa shape index (κ2) is 7.46. The van der Waals surface area contributed by atoms with Crippen LogP contribution >= 0.6 is 23.8 Å². The predicted octanol–water partition coefficient (Wildman–Crippen LogP) is 4.06. The number of hydrogen-bond acceptors (Lipinski definition) is 6. The average Bonchev–Trinajstić information content (AvgIpc) is 3.01. The lowest BCUT2D eigenvalue weighted by Crippen LogP contribution is -1.97. The zero-order valence-corrected chi connectivity index (χ0v) is 15.0. The maximum absolute atomic E-state index is 11.0. The SMILES string of the molecule is COc1ccccc1-c1n[nH]c(=S)n1/N=C/c1ccc(Cl)c([N+](=O)[O-])c1. The molecule has 0 unspecified atom stereocenters. The normalized spacial score (nSPS) is 11.0. The zero-order valence-electron chi connectivity index (χ0n) is 13.4. The highest BCUT2D eigenvalue weighted by Crippen LogP contribution is 2.28. The number of benzene rings is 2. The van der Waals surface area contributed by atoms with Crippen molar-refractivity contribution in [2.75, 3.05) is 7.11 Å². The lowest BCUT2D eigenvalue weighted by molar-refractivity contribution is -0.384. The molecule has 0 fully saturated rings. The molecule has 1 heterocycles. The first-order chi connectivity index (χ1) is 12.5. The monoisotopic (exact) mass is 389 g/mol. The van der Waals surface area contributed by atoms with Gasteiger partial charge in [0.1, 0.15) is 10.8 Å². The minimum atomic E-state index is -0.552. The molecule has 3 aromatic rings. The summed E-state index contributed by atoms with van der Waals surface area (Å²) in [7, 11) is 1.56. The molecule has 0 saturated heterocycles. The van der Waals surface area contributed by atoms with E-state index in [9.17, 15) is 10.1 Å². The number of nitro groups is 1. The topological polar surface area (TPSA) is 98.3 Å². The van der Waals surface area contributed by atoms with Crippen LogP contribution in [0.2, 0.25) is 5.02 Å². The van der Waals surface area contributed by atoms with Crippen molar-refractivity contribution in [2.45, 2.75) is 0 Å². The fourth-order valence-corrected chi connectivity index (χ4v) is 2.64. The number of rotatable bonds is 5. The summed E-state index contributed by atoms with van der Waals surface area (Å²) < 4.78 is 7.02. The van der Waals surface area contributed by atoms with Gasteiger partial charge < -0.3 is 4.74 Å². The Balaban J connectivity index is 2.03. The standard InChI is InChI=1S/C16H12ClN5O3S/c1-25-14-5-3-2-4-11(14)15-19-20-16(26)21(15)18-9-10-6-7-12(17)13(8-10)22(23)24/h2-9H,1H3,(H,20,26)/b18-9+. The summed E-state index contributed by atoms with van der Waals surface area (Å²) in [4.78, 5) is 10.4. The van der Waals surface area contributed by atoms with Gasteiger partial charge in [-0.1, -0.05) is 29.8 Å². The van der Waals surface area contributed by atoms with Crippen molar-refractivity contribution in [3.05, 3.63) is 67.9 Å². The minimum absolute atomic E-state index is 0.0572. The quantitative estimate of drug-likeness (QED) is 0.307. The molecule has 2 aromatic carbocycles. The second-order valence-electron chi connectivity index (χ2n) is 5.08. The van der Waals surface area contributed by atoms with Gasteiger partial charge in [-0.3, -0.25) is 10.1 Å². The minimum Gasteiger partial charge on any atom is -0.496 e. The predicted molar refractivity (Wildman–Crippen MR) is 100 cm³/mol. The number of para-hydroxylation sites is 1. The van der Waals surface area contributed by atoms with Gasteiger partial charge >= 0.3 is 0 Å². The molecule has 0 radical (unpaired) electrons. The number of nitrogens with one attached hydrogen (secondary N) is 1. The molecule has 3 rings (SSSR count). The number of nitro benzene ring substituents is 1. The van der Waals surface area contributed by atoms with Crippen LogP contribution in [0.4, 0.5) is 5.69 Å². The van der Waals surface area contributed by atoms with E-state index in [1.54, 1.807) is 19.2 Å². The highest BCUT2D eigenvalue weighted by Gasteiger charge is 2.14. The summed E-state index contributed by atoms with van der Waals surface area (Å²) >= 11 is 11.0. The Hall–Kier alpha value is -3.04. The fourth-order valence-electron chi connectivity index (χ4n) is 2.28. The molecule has 0 aliphatic carbocycles. The number of halogens is 1. The van der Waals surface area contributed by atoms with Crippen molar-refractivity contribution < 1.29 is 9.66 Å². The van der Waals surface area contributed by atoms with Crippen molar-refractivity contribution in [3.63, 3.8) is 0 Å². The first-order valence-corrected chi connectivity index (χ1v) is 8.09. The molecule has 0 aliphatic rings. The molecule has 0 atom stereocenters. The van der Waals surface area contributed by atoms with Crippen LogP contribution in [0.3, 0.4) is 0 Å². The van der Waals surface area contributed by atoms with Crippen molar-refractivity contribution >= 4 is 35.7 Å². The summed E-state index contributed by atoms with van der Waals surface area (Å²) in [6.07, 6.45) is 1.44. The average molecular weight is 390 g/mol. The van der Waals surface area contributed by atoms with Crippen LogP contribution < -0.4 is 4.74 Å². The van der Waals surface area contributed by atoms with Gasteiger partial charge in [0.05, 0.1) is 23.8 Å². The van der Waals surface area contributed by atoms with E-state index < -0.39 is 4.92 Å². The number of aromatic nitrogens is 3. The van der Waals surface area contributed by atoms with Gasteiger partial charge in [-0.25, -0.2) is 5.10 Å². The number of hydrogen-bond donors (Lipinski definition) is 1. The highest BCUT2D eigenvalue weighted by molar-refractivity contribution is 7.71. The summed E-state index contributed by atoms with van der Waals surface area (Å²) in [5, 5.41) is 22.2. The summed E-state index contributed by atoms with van der Waals surface area (Å²) in [6, 6.07) is 11.7. The first-order valence-electron chi connectivity index (χ1n) is 7.30. The van der Waals surface area contributed by atoms with Gasteiger partial charge in [-0.15, -0.1) is 0 Å². The molecule has 0 amide bonds. The van der Waals surface area contributed by atoms with Crippen LogP contribution in [0.1, 0.15) is 5.56 Å². The summed E-state index contributed by atoms with van der Waals surface area (Å²) in [5.74, 6) is 1.06. The van der Waals surface area contributed by atoms with Crippen LogP contribution in [-0.4, -0.2) is 33.1 Å². The Labute approximate surface area is 157 Å². The molecule has 1 N–H and O–H groups in total. The number of methoxy groups -OCH3 is 1. The lowest BCUT2D eigenvalue weighted by Gasteiger charge is -2.06. The van der Waals surface area contributed by atoms with Crippen LogP contribution in [0.5, 0.6) is 5.75 Å². The summed E-state index contributed by atoms with van der Waals surface area (Å²) in [5.41, 5.74) is 0.994. The lowest BCUT2D eigenvalue weighted by atomic mass is 10.2. The molecule has 1 aromatic heterocycles. The van der Waals surface area contributed by atoms with Crippen LogP contribution in [0.15, 0.2) is 47.6 Å². The molecule has 0 aliphatic heterocycles. The van der Waals surface area contributed by atoms with E-state index in [0.717, 1.165) is 0 Å². The smallest absolute Gasteiger partial charge is 0.288 e. The molecule has 0 spiro atoms. The Bertz CT molecular complexity index is 1060. The third kappa shape index (κ3) is 3.48. The van der Waals surface area contributed by atoms with E-state index in [4.69, 9.17) is 28.6 Å². The van der Waals surface area contributed by atoms with Gasteiger partial charge in [0, 0.05) is 11.6 Å². The van der Waals surface area contributed by atoms with Crippen LogP contribution in [0.25, 0.3) is 11.4 Å². The second-order valence-corrected chi connectivity index (χ2v) is 5.87. The molecule has 10 heteroatoms. The number of nitrogens with zero attached hydrogens (tertiary/aromatic N) is 4. The Morgan fingerprint density at radius 3 is 2.88 bits per heavy atom. The molecule has 8 nitrogen and oxygen atoms in total. The third-order valence-corrected chi connectivity index (χ3v) is 4.07. The highest BCUT2D eigenvalue weighted by atomic mass is 35.5. The maximum Gasteiger partial charge on any atom is 0.288 e. The van der Waals surface area contributed by atoms with Gasteiger partial charge in [-0.2, -0.15) is 14.9 Å². The van der Waals surface area contributed by atoms with Crippen molar-refractivity contribution in [3.8, 4) is 17.1 Å². The van der Waals surface area contributed by atoms with E-state index in [-0.39, 0.29) is 15.5 Å². The Kier molecular flexibility index (Phi) is 5.10. The van der Waals surface area contributed by atoms with Crippen molar-refractivity contribution in [1.82, 2.24) is 14.9 Å². The van der Waals surface area contributed by atoms with E-state index in [1.807, 2.05) is 18.2 Å². The van der Waals surface area contributed by atoms with Crippen LogP contribution in [0, 0.1) is 14.9 Å². The Morgan fingerprint density at radius 1 is 1.38 bits per heavy atom. The molecule has 132 valence electrons. The van der Waals surface area contributed by atoms with E-state index in [0.29, 0.717) is 22.7 Å². The van der Waals surface area contributed by atoms with E-state index in [1.165, 1.54) is 23.0 Å². The zero-order chi connectivity index (χ0) is 18.7. The molecular weight excluding hydrogens is 378 g/mol. The van der Waals surface area contributed by atoms with E-state index >= 15 is 0 Å². The molecule has 0 bridgehead atoms. The molecule has 26 heavy (non-hydrogen) atoms. The largest absolute Gasteiger partial charge is 0.496 e. The van der Waals surface area contributed by atoms with Gasteiger partial charge in [0.2, 0.25) is 4.77 Å². The summed E-state index contributed by atoms with van der Waals surface area (Å²) in [6.45, 7) is 0. The third-order valence-electron chi connectivity index (χ3n) is 3.49.